The zero-order valence-electron chi connectivity index (χ0n) is 15.2. The molecule has 25 heavy (non-hydrogen) atoms. The Morgan fingerprint density at radius 2 is 1.96 bits per heavy atom. The highest BCUT2D eigenvalue weighted by molar-refractivity contribution is 5.86. The zero-order chi connectivity index (χ0) is 17.6. The van der Waals surface area contributed by atoms with E-state index < -0.39 is 5.54 Å². The van der Waals surface area contributed by atoms with Crippen LogP contribution in [0.25, 0.3) is 0 Å². The van der Waals surface area contributed by atoms with Crippen LogP contribution >= 0.6 is 12.4 Å². The van der Waals surface area contributed by atoms with Gasteiger partial charge in [0.1, 0.15) is 0 Å². The number of likely N-dealkylation sites (N-methyl/N-ethyl adjacent to an activating group) is 1. The van der Waals surface area contributed by atoms with Crippen LogP contribution in [0, 0.1) is 5.92 Å². The highest BCUT2D eigenvalue weighted by Gasteiger charge is 2.37. The van der Waals surface area contributed by atoms with Crippen molar-refractivity contribution in [1.29, 1.82) is 0 Å². The van der Waals surface area contributed by atoms with Crippen molar-refractivity contribution in [2.45, 2.75) is 51.6 Å². The topological polar surface area (TPSA) is 75.4 Å². The number of amides is 2. The third kappa shape index (κ3) is 6.01. The molecule has 1 aromatic carbocycles. The van der Waals surface area contributed by atoms with Crippen LogP contribution in [0.2, 0.25) is 0 Å². The summed E-state index contributed by atoms with van der Waals surface area (Å²) in [5.74, 6) is -0.365. The summed E-state index contributed by atoms with van der Waals surface area (Å²) in [7, 11) is 0. The molecule has 1 aliphatic carbocycles. The summed E-state index contributed by atoms with van der Waals surface area (Å²) < 4.78 is 0. The van der Waals surface area contributed by atoms with Gasteiger partial charge in [0.2, 0.25) is 11.8 Å². The Morgan fingerprint density at radius 3 is 2.56 bits per heavy atom. The van der Waals surface area contributed by atoms with Crippen molar-refractivity contribution < 1.29 is 9.59 Å². The minimum absolute atomic E-state index is 0. The number of nitrogens with two attached hydrogens (primary N) is 1. The van der Waals surface area contributed by atoms with Crippen LogP contribution in [0.1, 0.15) is 45.1 Å². The minimum atomic E-state index is -0.472. The van der Waals surface area contributed by atoms with Gasteiger partial charge < -0.3 is 16.0 Å². The Kier molecular flexibility index (Phi) is 8.39. The summed E-state index contributed by atoms with van der Waals surface area (Å²) in [5, 5.41) is 2.80. The average Bonchev–Trinajstić information content (AvgIpc) is 2.57. The molecule has 2 rings (SSSR count). The summed E-state index contributed by atoms with van der Waals surface area (Å²) in [6, 6.07) is 9.86. The van der Waals surface area contributed by atoms with E-state index >= 15 is 0 Å². The van der Waals surface area contributed by atoms with E-state index in [9.17, 15) is 9.59 Å². The quantitative estimate of drug-likeness (QED) is 0.811. The Morgan fingerprint density at radius 1 is 1.28 bits per heavy atom. The fourth-order valence-electron chi connectivity index (χ4n) is 3.37. The Bertz CT molecular complexity index is 563. The van der Waals surface area contributed by atoms with Crippen molar-refractivity contribution in [1.82, 2.24) is 10.2 Å². The van der Waals surface area contributed by atoms with Gasteiger partial charge in [-0.15, -0.1) is 12.4 Å². The largest absolute Gasteiger partial charge is 0.347 e. The molecule has 3 N–H and O–H groups in total. The van der Waals surface area contributed by atoms with Gasteiger partial charge in [-0.25, -0.2) is 0 Å². The number of rotatable bonds is 6. The molecular weight excluding hydrogens is 338 g/mol. The van der Waals surface area contributed by atoms with Gasteiger partial charge in [0.05, 0.1) is 12.5 Å². The fraction of sp³-hybridized carbons (Fsp3) is 0.579. The monoisotopic (exact) mass is 367 g/mol. The van der Waals surface area contributed by atoms with Gasteiger partial charge >= 0.3 is 0 Å². The molecule has 2 unspecified atom stereocenters. The normalized spacial score (nSPS) is 22.6. The summed E-state index contributed by atoms with van der Waals surface area (Å²) >= 11 is 0. The molecule has 6 heteroatoms. The number of nitrogens with one attached hydrogen (secondary N) is 1. The predicted octanol–water partition coefficient (Wildman–Crippen LogP) is 2.48. The maximum atomic E-state index is 12.4. The van der Waals surface area contributed by atoms with Crippen LogP contribution < -0.4 is 11.1 Å². The van der Waals surface area contributed by atoms with Crippen molar-refractivity contribution in [3.63, 3.8) is 0 Å². The van der Waals surface area contributed by atoms with Crippen molar-refractivity contribution in [3.8, 4) is 0 Å². The van der Waals surface area contributed by atoms with Crippen LogP contribution in [0.3, 0.4) is 0 Å². The maximum absolute atomic E-state index is 12.4. The smallest absolute Gasteiger partial charge is 0.242 e. The van der Waals surface area contributed by atoms with E-state index in [0.717, 1.165) is 31.2 Å². The average molecular weight is 368 g/mol. The zero-order valence-corrected chi connectivity index (χ0v) is 16.0. The van der Waals surface area contributed by atoms with E-state index in [2.05, 4.69) is 5.32 Å². The fourth-order valence-corrected chi connectivity index (χ4v) is 3.37. The van der Waals surface area contributed by atoms with Crippen LogP contribution in [-0.2, 0) is 16.1 Å². The van der Waals surface area contributed by atoms with Crippen molar-refractivity contribution >= 4 is 24.2 Å². The lowest BCUT2D eigenvalue weighted by atomic mass is 9.74. The van der Waals surface area contributed by atoms with Crippen molar-refractivity contribution in [3.05, 3.63) is 35.9 Å². The molecule has 1 fully saturated rings. The van der Waals surface area contributed by atoms with Crippen LogP contribution in [0.4, 0.5) is 0 Å². The molecule has 2 amide bonds. The summed E-state index contributed by atoms with van der Waals surface area (Å²) in [6.07, 6.45) is 3.74. The molecule has 5 nitrogen and oxygen atoms in total. The van der Waals surface area contributed by atoms with Gasteiger partial charge in [-0.3, -0.25) is 9.59 Å². The number of nitrogens with zero attached hydrogens (tertiary/aromatic N) is 1. The van der Waals surface area contributed by atoms with Crippen LogP contribution in [0.15, 0.2) is 30.3 Å². The van der Waals surface area contributed by atoms with E-state index in [4.69, 9.17) is 5.73 Å². The molecule has 2 atom stereocenters. The van der Waals surface area contributed by atoms with E-state index in [-0.39, 0.29) is 36.7 Å². The molecule has 1 aromatic rings. The van der Waals surface area contributed by atoms with Crippen LogP contribution in [0.5, 0.6) is 0 Å². The van der Waals surface area contributed by atoms with E-state index in [0.29, 0.717) is 13.1 Å². The molecule has 1 saturated carbocycles. The number of hydrogen-bond donors (Lipinski definition) is 2. The number of benzene rings is 1. The van der Waals surface area contributed by atoms with Gasteiger partial charge in [0.25, 0.3) is 0 Å². The predicted molar refractivity (Wildman–Crippen MR) is 102 cm³/mol. The first-order valence-corrected chi connectivity index (χ1v) is 8.82. The molecule has 0 bridgehead atoms. The molecular formula is C19H30ClN3O2. The molecule has 1 aliphatic rings. The molecule has 0 spiro atoms. The first-order chi connectivity index (χ1) is 11.4. The first kappa shape index (κ1) is 21.5. The molecule has 0 saturated heterocycles. The lowest BCUT2D eigenvalue weighted by molar-refractivity contribution is -0.135. The van der Waals surface area contributed by atoms with E-state index in [1.807, 2.05) is 44.2 Å². The Hall–Kier alpha value is -1.59. The molecule has 0 radical (unpaired) electrons. The second-order valence-electron chi connectivity index (χ2n) is 6.92. The SMILES string of the molecule is CCN(Cc1ccccc1)C(=O)CNC(=O)C1CCCCC1(C)N.Cl. The lowest BCUT2D eigenvalue weighted by Gasteiger charge is -2.37. The third-order valence-corrected chi connectivity index (χ3v) is 4.94. The highest BCUT2D eigenvalue weighted by Crippen LogP contribution is 2.31. The standard InChI is InChI=1S/C19H29N3O2.ClH/c1-3-22(14-15-9-5-4-6-10-15)17(23)13-21-18(24)16-11-7-8-12-19(16,2)20;/h4-6,9-10,16H,3,7-8,11-14,20H2,1-2H3,(H,21,24);1H. The maximum Gasteiger partial charge on any atom is 0.242 e. The molecule has 140 valence electrons. The number of carbonyl (C=O) groups excluding carboxylic acids is 2. The van der Waals surface area contributed by atoms with E-state index in [1.165, 1.54) is 0 Å². The third-order valence-electron chi connectivity index (χ3n) is 4.94. The number of hydrogen-bond acceptors (Lipinski definition) is 3. The van der Waals surface area contributed by atoms with E-state index in [1.54, 1.807) is 4.90 Å². The summed E-state index contributed by atoms with van der Waals surface area (Å²) in [5.41, 5.74) is 6.87. The van der Waals surface area contributed by atoms with Gasteiger partial charge in [-0.05, 0) is 32.3 Å². The molecule has 0 aromatic heterocycles. The Balaban J connectivity index is 0.00000312. The van der Waals surface area contributed by atoms with Gasteiger partial charge in [0.15, 0.2) is 0 Å². The van der Waals surface area contributed by atoms with Crippen LogP contribution in [-0.4, -0.2) is 35.3 Å². The lowest BCUT2D eigenvalue weighted by Crippen LogP contribution is -2.54. The second kappa shape index (κ2) is 9.78. The highest BCUT2D eigenvalue weighted by atomic mass is 35.5. The van der Waals surface area contributed by atoms with Gasteiger partial charge in [-0.1, -0.05) is 43.2 Å². The number of halogens is 1. The van der Waals surface area contributed by atoms with Gasteiger partial charge in [0, 0.05) is 18.6 Å². The number of carbonyl (C=O) groups is 2. The minimum Gasteiger partial charge on any atom is -0.347 e. The van der Waals surface area contributed by atoms with Crippen molar-refractivity contribution in [2.75, 3.05) is 13.1 Å². The second-order valence-corrected chi connectivity index (χ2v) is 6.92. The molecule has 0 aliphatic heterocycles. The van der Waals surface area contributed by atoms with Gasteiger partial charge in [-0.2, -0.15) is 0 Å². The Labute approximate surface area is 156 Å². The molecule has 0 heterocycles. The first-order valence-electron chi connectivity index (χ1n) is 8.82. The van der Waals surface area contributed by atoms with Crippen molar-refractivity contribution in [2.24, 2.45) is 11.7 Å². The summed E-state index contributed by atoms with van der Waals surface area (Å²) in [6.45, 7) is 5.09. The summed E-state index contributed by atoms with van der Waals surface area (Å²) in [4.78, 5) is 26.6.